The molecule has 0 amide bonds. The van der Waals surface area contributed by atoms with E-state index < -0.39 is 5.82 Å². The van der Waals surface area contributed by atoms with E-state index in [0.717, 1.165) is 0 Å². The van der Waals surface area contributed by atoms with Crippen LogP contribution >= 0.6 is 11.6 Å². The van der Waals surface area contributed by atoms with Gasteiger partial charge in [0.25, 0.3) is 0 Å². The fourth-order valence-electron chi connectivity index (χ4n) is 1.49. The first-order valence-electron chi connectivity index (χ1n) is 4.56. The molecule has 0 bridgehead atoms. The van der Waals surface area contributed by atoms with Crippen LogP contribution in [0.3, 0.4) is 0 Å². The van der Waals surface area contributed by atoms with E-state index in [4.69, 9.17) is 11.6 Å². The number of halogens is 2. The van der Waals surface area contributed by atoms with Gasteiger partial charge in [0.1, 0.15) is 5.82 Å². The highest BCUT2D eigenvalue weighted by molar-refractivity contribution is 6.33. The highest BCUT2D eigenvalue weighted by atomic mass is 35.5. The van der Waals surface area contributed by atoms with Gasteiger partial charge in [-0.05, 0) is 18.2 Å². The number of para-hydroxylation sites is 1. The van der Waals surface area contributed by atoms with Crippen LogP contribution in [0.15, 0.2) is 36.4 Å². The number of rotatable bonds is 1. The molecule has 0 fully saturated rings. The average molecular weight is 239 g/mol. The lowest BCUT2D eigenvalue weighted by Gasteiger charge is -2.08. The lowest BCUT2D eigenvalue weighted by Crippen LogP contribution is -1.86. The average Bonchev–Trinajstić information content (AvgIpc) is 2.24. The van der Waals surface area contributed by atoms with E-state index in [9.17, 15) is 14.6 Å². The maximum atomic E-state index is 13.6. The topological polar surface area (TPSA) is 40.5 Å². The van der Waals surface area contributed by atoms with E-state index in [1.165, 1.54) is 36.4 Å². The van der Waals surface area contributed by atoms with Crippen LogP contribution in [0.4, 0.5) is 4.39 Å². The summed E-state index contributed by atoms with van der Waals surface area (Å²) in [6, 6.07) is 8.54. The Morgan fingerprint density at radius 2 is 1.69 bits per heavy atom. The van der Waals surface area contributed by atoms with Gasteiger partial charge in [-0.15, -0.1) is 0 Å². The summed E-state index contributed by atoms with van der Waals surface area (Å²) in [6.45, 7) is 0. The maximum absolute atomic E-state index is 13.6. The highest BCUT2D eigenvalue weighted by Crippen LogP contribution is 2.40. The second-order valence-electron chi connectivity index (χ2n) is 3.27. The number of phenols is 2. The molecule has 0 atom stereocenters. The molecule has 0 unspecified atom stereocenters. The van der Waals surface area contributed by atoms with Crippen molar-refractivity contribution < 1.29 is 14.6 Å². The molecular weight excluding hydrogens is 231 g/mol. The summed E-state index contributed by atoms with van der Waals surface area (Å²) in [6.07, 6.45) is 0. The zero-order valence-electron chi connectivity index (χ0n) is 8.11. The van der Waals surface area contributed by atoms with Gasteiger partial charge in [0, 0.05) is 11.1 Å². The third-order valence-corrected chi connectivity index (χ3v) is 2.56. The third kappa shape index (κ3) is 1.70. The van der Waals surface area contributed by atoms with Gasteiger partial charge < -0.3 is 10.2 Å². The van der Waals surface area contributed by atoms with Crippen LogP contribution in [0.5, 0.6) is 11.5 Å². The molecule has 4 heteroatoms. The number of phenolic OH excluding ortho intramolecular Hbond substituents is 2. The van der Waals surface area contributed by atoms with Crippen molar-refractivity contribution in [1.82, 2.24) is 0 Å². The molecule has 0 spiro atoms. The predicted molar refractivity (Wildman–Crippen MR) is 60.2 cm³/mol. The molecule has 0 aliphatic carbocycles. The van der Waals surface area contributed by atoms with E-state index >= 15 is 0 Å². The highest BCUT2D eigenvalue weighted by Gasteiger charge is 2.15. The van der Waals surface area contributed by atoms with Crippen LogP contribution < -0.4 is 0 Å². The molecule has 82 valence electrons. The third-order valence-electron chi connectivity index (χ3n) is 2.25. The Morgan fingerprint density at radius 3 is 2.38 bits per heavy atom. The van der Waals surface area contributed by atoms with Gasteiger partial charge in [-0.3, -0.25) is 0 Å². The van der Waals surface area contributed by atoms with Gasteiger partial charge in [0.2, 0.25) is 0 Å². The molecule has 0 heterocycles. The van der Waals surface area contributed by atoms with Crippen LogP contribution in [0.1, 0.15) is 0 Å². The first kappa shape index (κ1) is 10.8. The largest absolute Gasteiger partial charge is 0.504 e. The van der Waals surface area contributed by atoms with E-state index in [0.29, 0.717) is 0 Å². The van der Waals surface area contributed by atoms with Gasteiger partial charge in [-0.2, -0.15) is 0 Å². The Labute approximate surface area is 96.5 Å². The fourth-order valence-corrected chi connectivity index (χ4v) is 1.75. The molecule has 0 radical (unpaired) electrons. The standard InChI is InChI=1S/C12H8ClFO2/c13-8-4-2-5-9(14)11(8)7-3-1-6-10(15)12(7)16/h1-6,15-16H. The van der Waals surface area contributed by atoms with Gasteiger partial charge in [0.15, 0.2) is 11.5 Å². The predicted octanol–water partition coefficient (Wildman–Crippen LogP) is 3.56. The first-order chi connectivity index (χ1) is 7.61. The molecule has 0 saturated heterocycles. The molecule has 2 rings (SSSR count). The van der Waals surface area contributed by atoms with Crippen LogP contribution in [0.25, 0.3) is 11.1 Å². The van der Waals surface area contributed by atoms with Crippen molar-refractivity contribution in [2.45, 2.75) is 0 Å². The van der Waals surface area contributed by atoms with Crippen molar-refractivity contribution in [2.75, 3.05) is 0 Å². The summed E-state index contributed by atoms with van der Waals surface area (Å²) in [4.78, 5) is 0. The van der Waals surface area contributed by atoms with E-state index in [-0.39, 0.29) is 27.6 Å². The molecule has 0 saturated carbocycles. The smallest absolute Gasteiger partial charge is 0.165 e. The molecule has 2 aromatic carbocycles. The summed E-state index contributed by atoms with van der Waals surface area (Å²) < 4.78 is 13.6. The molecular formula is C12H8ClFO2. The Balaban J connectivity index is 2.73. The molecule has 0 aliphatic heterocycles. The summed E-state index contributed by atoms with van der Waals surface area (Å²) >= 11 is 5.86. The minimum absolute atomic E-state index is 0.0811. The lowest BCUT2D eigenvalue weighted by atomic mass is 10.0. The maximum Gasteiger partial charge on any atom is 0.165 e. The minimum Gasteiger partial charge on any atom is -0.504 e. The van der Waals surface area contributed by atoms with Crippen molar-refractivity contribution in [1.29, 1.82) is 0 Å². The molecule has 2 N–H and O–H groups in total. The minimum atomic E-state index is -0.548. The van der Waals surface area contributed by atoms with Crippen LogP contribution in [-0.4, -0.2) is 10.2 Å². The van der Waals surface area contributed by atoms with Crippen LogP contribution in [-0.2, 0) is 0 Å². The lowest BCUT2D eigenvalue weighted by molar-refractivity contribution is 0.405. The van der Waals surface area contributed by atoms with E-state index in [1.807, 2.05) is 0 Å². The van der Waals surface area contributed by atoms with Gasteiger partial charge in [-0.25, -0.2) is 4.39 Å². The van der Waals surface area contributed by atoms with Crippen LogP contribution in [0.2, 0.25) is 5.02 Å². The molecule has 2 aromatic rings. The summed E-state index contributed by atoms with van der Waals surface area (Å²) in [5, 5.41) is 19.1. The van der Waals surface area contributed by atoms with E-state index in [1.54, 1.807) is 0 Å². The van der Waals surface area contributed by atoms with Crippen molar-refractivity contribution >= 4 is 11.6 Å². The number of hydrogen-bond acceptors (Lipinski definition) is 2. The molecule has 0 aromatic heterocycles. The second kappa shape index (κ2) is 4.02. The van der Waals surface area contributed by atoms with Gasteiger partial charge in [0.05, 0.1) is 5.02 Å². The number of hydrogen-bond donors (Lipinski definition) is 2. The summed E-state index contributed by atoms with van der Waals surface area (Å²) in [5.74, 6) is -1.24. The Bertz CT molecular complexity index is 520. The summed E-state index contributed by atoms with van der Waals surface area (Å²) in [7, 11) is 0. The van der Waals surface area contributed by atoms with Crippen molar-refractivity contribution in [3.8, 4) is 22.6 Å². The fraction of sp³-hybridized carbons (Fsp3) is 0. The number of aromatic hydroxyl groups is 2. The molecule has 2 nitrogen and oxygen atoms in total. The van der Waals surface area contributed by atoms with Crippen molar-refractivity contribution in [2.24, 2.45) is 0 Å². The molecule has 0 aliphatic rings. The summed E-state index contributed by atoms with van der Waals surface area (Å²) in [5.41, 5.74) is 0.251. The number of benzene rings is 2. The first-order valence-corrected chi connectivity index (χ1v) is 4.94. The van der Waals surface area contributed by atoms with Crippen molar-refractivity contribution in [3.63, 3.8) is 0 Å². The van der Waals surface area contributed by atoms with E-state index in [2.05, 4.69) is 0 Å². The van der Waals surface area contributed by atoms with Gasteiger partial charge >= 0.3 is 0 Å². The van der Waals surface area contributed by atoms with Crippen LogP contribution in [0, 0.1) is 5.82 Å². The Morgan fingerprint density at radius 1 is 1.00 bits per heavy atom. The molecule has 16 heavy (non-hydrogen) atoms. The normalized spacial score (nSPS) is 10.4. The zero-order chi connectivity index (χ0) is 11.7. The SMILES string of the molecule is Oc1cccc(-c2c(F)cccc2Cl)c1O. The monoisotopic (exact) mass is 238 g/mol. The second-order valence-corrected chi connectivity index (χ2v) is 3.68. The van der Waals surface area contributed by atoms with Crippen molar-refractivity contribution in [3.05, 3.63) is 47.2 Å². The van der Waals surface area contributed by atoms with Gasteiger partial charge in [-0.1, -0.05) is 29.8 Å². The Hall–Kier alpha value is -1.74. The Kier molecular flexibility index (Phi) is 2.71. The quantitative estimate of drug-likeness (QED) is 0.746. The zero-order valence-corrected chi connectivity index (χ0v) is 8.87.